The molecule has 5 heteroatoms. The molecule has 0 saturated heterocycles. The minimum Gasteiger partial charge on any atom is -0.436 e. The molecule has 0 aliphatic carbocycles. The summed E-state index contributed by atoms with van der Waals surface area (Å²) in [5.74, 6) is 0.842. The van der Waals surface area contributed by atoms with E-state index in [0.29, 0.717) is 11.8 Å². The number of rotatable bonds is 3. The van der Waals surface area contributed by atoms with Crippen LogP contribution in [0.2, 0.25) is 0 Å². The van der Waals surface area contributed by atoms with E-state index in [-0.39, 0.29) is 0 Å². The Balaban J connectivity index is 2.31. The Morgan fingerprint density at radius 2 is 2.00 bits per heavy atom. The van der Waals surface area contributed by atoms with E-state index in [4.69, 9.17) is 10.2 Å². The van der Waals surface area contributed by atoms with Gasteiger partial charge in [0, 0.05) is 12.2 Å². The number of nitrogens with zero attached hydrogens (tertiary/aromatic N) is 2. The molecule has 0 fully saturated rings. The van der Waals surface area contributed by atoms with E-state index in [1.54, 1.807) is 0 Å². The molecule has 0 aliphatic rings. The largest absolute Gasteiger partial charge is 0.436 e. The zero-order valence-electron chi connectivity index (χ0n) is 10.2. The summed E-state index contributed by atoms with van der Waals surface area (Å²) in [6.45, 7) is 6.25. The fourth-order valence-corrected chi connectivity index (χ4v) is 2.36. The van der Waals surface area contributed by atoms with Crippen LogP contribution in [0.15, 0.2) is 26.8 Å². The van der Waals surface area contributed by atoms with Crippen molar-refractivity contribution < 1.29 is 4.42 Å². The zero-order chi connectivity index (χ0) is 12.4. The van der Waals surface area contributed by atoms with Crippen LogP contribution in [0, 0.1) is 20.8 Å². The Morgan fingerprint density at radius 1 is 1.24 bits per heavy atom. The second-order valence-electron chi connectivity index (χ2n) is 3.84. The third-order valence-corrected chi connectivity index (χ3v) is 3.39. The van der Waals surface area contributed by atoms with Crippen molar-refractivity contribution in [2.24, 2.45) is 5.73 Å². The molecule has 4 nitrogen and oxygen atoms in total. The Kier molecular flexibility index (Phi) is 3.49. The summed E-state index contributed by atoms with van der Waals surface area (Å²) in [5, 5.41) is 1.49. The van der Waals surface area contributed by atoms with Crippen LogP contribution < -0.4 is 5.73 Å². The highest BCUT2D eigenvalue weighted by Gasteiger charge is 2.11. The third kappa shape index (κ3) is 2.68. The Hall–Kier alpha value is -1.33. The Labute approximate surface area is 105 Å². The van der Waals surface area contributed by atoms with Gasteiger partial charge in [0.2, 0.25) is 0 Å². The molecule has 0 bridgehead atoms. The molecule has 17 heavy (non-hydrogen) atoms. The maximum Gasteiger partial charge on any atom is 0.262 e. The second-order valence-corrected chi connectivity index (χ2v) is 4.78. The lowest BCUT2D eigenvalue weighted by atomic mass is 10.2. The molecule has 0 unspecified atom stereocenters. The highest BCUT2D eigenvalue weighted by atomic mass is 32.2. The van der Waals surface area contributed by atoms with Gasteiger partial charge in [-0.1, -0.05) is 6.07 Å². The molecule has 0 aromatic carbocycles. The molecule has 2 aromatic rings. The highest BCUT2D eigenvalue weighted by Crippen LogP contribution is 2.29. The van der Waals surface area contributed by atoms with Gasteiger partial charge >= 0.3 is 0 Å². The first-order valence-electron chi connectivity index (χ1n) is 5.38. The molecule has 0 spiro atoms. The predicted molar refractivity (Wildman–Crippen MR) is 67.0 cm³/mol. The standard InChI is InChI=1S/C12H15N3OS/c1-7-4-5-10(6-13)11(14-7)17-12-15-8(2)9(3)16-12/h4-5H,6,13H2,1-3H3. The van der Waals surface area contributed by atoms with E-state index in [2.05, 4.69) is 9.97 Å². The lowest BCUT2D eigenvalue weighted by molar-refractivity contribution is 0.431. The lowest BCUT2D eigenvalue weighted by Gasteiger charge is -2.04. The smallest absolute Gasteiger partial charge is 0.262 e. The quantitative estimate of drug-likeness (QED) is 0.905. The Bertz CT molecular complexity index is 517. The number of hydrogen-bond acceptors (Lipinski definition) is 5. The molecular formula is C12H15N3OS. The van der Waals surface area contributed by atoms with Crippen molar-refractivity contribution in [1.29, 1.82) is 0 Å². The van der Waals surface area contributed by atoms with Crippen molar-refractivity contribution in [1.82, 2.24) is 9.97 Å². The summed E-state index contributed by atoms with van der Waals surface area (Å²) < 4.78 is 5.53. The van der Waals surface area contributed by atoms with Crippen LogP contribution in [-0.2, 0) is 6.54 Å². The van der Waals surface area contributed by atoms with Crippen molar-refractivity contribution in [3.8, 4) is 0 Å². The molecule has 2 heterocycles. The van der Waals surface area contributed by atoms with Gasteiger partial charge in [-0.3, -0.25) is 0 Å². The van der Waals surface area contributed by atoms with Gasteiger partial charge in [0.1, 0.15) is 10.8 Å². The molecule has 0 radical (unpaired) electrons. The van der Waals surface area contributed by atoms with E-state index in [1.165, 1.54) is 11.8 Å². The third-order valence-electron chi connectivity index (χ3n) is 2.49. The minimum absolute atomic E-state index is 0.467. The van der Waals surface area contributed by atoms with Crippen LogP contribution in [0.4, 0.5) is 0 Å². The molecule has 0 atom stereocenters. The topological polar surface area (TPSA) is 64.9 Å². The minimum atomic E-state index is 0.467. The fourth-order valence-electron chi connectivity index (χ4n) is 1.38. The van der Waals surface area contributed by atoms with Crippen LogP contribution in [0.25, 0.3) is 0 Å². The van der Waals surface area contributed by atoms with Crippen LogP contribution in [0.5, 0.6) is 0 Å². The molecule has 0 aliphatic heterocycles. The molecule has 2 N–H and O–H groups in total. The summed E-state index contributed by atoms with van der Waals surface area (Å²) in [6.07, 6.45) is 0. The number of aromatic nitrogens is 2. The first-order chi connectivity index (χ1) is 8.10. The summed E-state index contributed by atoms with van der Waals surface area (Å²) in [4.78, 5) is 8.79. The molecule has 2 rings (SSSR count). The van der Waals surface area contributed by atoms with Crippen molar-refractivity contribution >= 4 is 11.8 Å². The Morgan fingerprint density at radius 3 is 2.59 bits per heavy atom. The molecule has 0 amide bonds. The first kappa shape index (κ1) is 12.1. The predicted octanol–water partition coefficient (Wildman–Crippen LogP) is 2.60. The number of pyridine rings is 1. The van der Waals surface area contributed by atoms with Crippen LogP contribution in [-0.4, -0.2) is 9.97 Å². The molecule has 90 valence electrons. The van der Waals surface area contributed by atoms with Gasteiger partial charge in [0.25, 0.3) is 5.22 Å². The number of nitrogens with two attached hydrogens (primary N) is 1. The zero-order valence-corrected chi connectivity index (χ0v) is 11.0. The van der Waals surface area contributed by atoms with Crippen molar-refractivity contribution in [2.75, 3.05) is 0 Å². The van der Waals surface area contributed by atoms with Gasteiger partial charge in [-0.25, -0.2) is 9.97 Å². The SMILES string of the molecule is Cc1ccc(CN)c(Sc2nc(C)c(C)o2)n1. The average Bonchev–Trinajstić information content (AvgIpc) is 2.58. The maximum absolute atomic E-state index is 5.69. The van der Waals surface area contributed by atoms with Gasteiger partial charge < -0.3 is 10.2 Å². The van der Waals surface area contributed by atoms with Crippen molar-refractivity contribution in [2.45, 2.75) is 37.6 Å². The van der Waals surface area contributed by atoms with Crippen LogP contribution in [0.3, 0.4) is 0 Å². The monoisotopic (exact) mass is 249 g/mol. The van der Waals surface area contributed by atoms with E-state index in [0.717, 1.165) is 27.7 Å². The van der Waals surface area contributed by atoms with Crippen LogP contribution >= 0.6 is 11.8 Å². The van der Waals surface area contributed by atoms with E-state index >= 15 is 0 Å². The van der Waals surface area contributed by atoms with Gasteiger partial charge in [-0.15, -0.1) is 0 Å². The molecule has 0 saturated carbocycles. The lowest BCUT2D eigenvalue weighted by Crippen LogP contribution is -2.00. The number of aryl methyl sites for hydroxylation is 3. The van der Waals surface area contributed by atoms with E-state index in [1.807, 2.05) is 32.9 Å². The summed E-state index contributed by atoms with van der Waals surface area (Å²) in [5.41, 5.74) is 8.57. The summed E-state index contributed by atoms with van der Waals surface area (Å²) in [7, 11) is 0. The number of hydrogen-bond donors (Lipinski definition) is 1. The van der Waals surface area contributed by atoms with E-state index in [9.17, 15) is 0 Å². The molecular weight excluding hydrogens is 234 g/mol. The summed E-state index contributed by atoms with van der Waals surface area (Å²) in [6, 6.07) is 3.95. The van der Waals surface area contributed by atoms with Gasteiger partial charge in [0.05, 0.1) is 5.69 Å². The second kappa shape index (κ2) is 4.89. The number of oxazole rings is 1. The molecule has 2 aromatic heterocycles. The first-order valence-corrected chi connectivity index (χ1v) is 6.20. The average molecular weight is 249 g/mol. The summed E-state index contributed by atoms with van der Waals surface area (Å²) >= 11 is 1.42. The normalized spacial score (nSPS) is 10.8. The fraction of sp³-hybridized carbons (Fsp3) is 0.333. The van der Waals surface area contributed by atoms with Crippen molar-refractivity contribution in [3.63, 3.8) is 0 Å². The van der Waals surface area contributed by atoms with Crippen molar-refractivity contribution in [3.05, 3.63) is 34.8 Å². The van der Waals surface area contributed by atoms with Gasteiger partial charge in [-0.05, 0) is 44.2 Å². The van der Waals surface area contributed by atoms with Crippen LogP contribution in [0.1, 0.15) is 22.7 Å². The van der Waals surface area contributed by atoms with Gasteiger partial charge in [-0.2, -0.15) is 0 Å². The maximum atomic E-state index is 5.69. The van der Waals surface area contributed by atoms with Gasteiger partial charge in [0.15, 0.2) is 0 Å². The highest BCUT2D eigenvalue weighted by molar-refractivity contribution is 7.99. The van der Waals surface area contributed by atoms with E-state index < -0.39 is 0 Å².